The van der Waals surface area contributed by atoms with Gasteiger partial charge in [-0.2, -0.15) is 5.26 Å². The summed E-state index contributed by atoms with van der Waals surface area (Å²) in [6.07, 6.45) is 4.48. The zero-order valence-electron chi connectivity index (χ0n) is 20.9. The number of amides is 3. The topological polar surface area (TPSA) is 123 Å². The van der Waals surface area contributed by atoms with Crippen LogP contribution in [0.25, 0.3) is 11.0 Å². The second-order valence-corrected chi connectivity index (χ2v) is 9.97. The average molecular weight is 489 g/mol. The zero-order valence-corrected chi connectivity index (χ0v) is 20.9. The number of nitriles is 1. The number of benzene rings is 2. The summed E-state index contributed by atoms with van der Waals surface area (Å²) in [5, 5.41) is 24.9. The van der Waals surface area contributed by atoms with Crippen LogP contribution in [0.3, 0.4) is 0 Å². The molecule has 0 unspecified atom stereocenters. The van der Waals surface area contributed by atoms with Crippen LogP contribution in [0, 0.1) is 17.2 Å². The zero-order chi connectivity index (χ0) is 25.9. The number of urea groups is 1. The minimum absolute atomic E-state index is 0.0653. The van der Waals surface area contributed by atoms with Gasteiger partial charge in [-0.3, -0.25) is 10.1 Å². The Morgan fingerprint density at radius 2 is 1.94 bits per heavy atom. The van der Waals surface area contributed by atoms with Crippen LogP contribution in [0.15, 0.2) is 42.5 Å². The van der Waals surface area contributed by atoms with Crippen molar-refractivity contribution in [1.29, 1.82) is 5.26 Å². The number of carbonyl (C=O) groups is 2. The highest BCUT2D eigenvalue weighted by atomic mass is 16.3. The van der Waals surface area contributed by atoms with Gasteiger partial charge in [-0.1, -0.05) is 18.9 Å². The van der Waals surface area contributed by atoms with Crippen LogP contribution in [-0.2, 0) is 11.3 Å². The van der Waals surface area contributed by atoms with Crippen molar-refractivity contribution in [2.24, 2.45) is 5.92 Å². The van der Waals surface area contributed by atoms with E-state index >= 15 is 0 Å². The third-order valence-electron chi connectivity index (χ3n) is 6.58. The lowest BCUT2D eigenvalue weighted by Gasteiger charge is -2.21. The van der Waals surface area contributed by atoms with E-state index in [2.05, 4.69) is 15.6 Å². The van der Waals surface area contributed by atoms with E-state index in [1.54, 1.807) is 50.1 Å². The Balaban J connectivity index is 1.61. The van der Waals surface area contributed by atoms with Crippen molar-refractivity contribution in [3.63, 3.8) is 0 Å². The summed E-state index contributed by atoms with van der Waals surface area (Å²) in [4.78, 5) is 32.0. The van der Waals surface area contributed by atoms with Crippen molar-refractivity contribution in [2.75, 3.05) is 22.6 Å². The highest BCUT2D eigenvalue weighted by Gasteiger charge is 2.26. The number of imidazole rings is 1. The van der Waals surface area contributed by atoms with Gasteiger partial charge in [-0.05, 0) is 69.5 Å². The molecule has 188 valence electrons. The van der Waals surface area contributed by atoms with Crippen LogP contribution in [-0.4, -0.2) is 39.2 Å². The number of aliphatic hydroxyl groups is 1. The van der Waals surface area contributed by atoms with Gasteiger partial charge in [0.15, 0.2) is 0 Å². The first-order valence-electron chi connectivity index (χ1n) is 12.2. The Bertz CT molecular complexity index is 1310. The maximum atomic E-state index is 12.9. The van der Waals surface area contributed by atoms with Crippen molar-refractivity contribution < 1.29 is 14.7 Å². The average Bonchev–Trinajstić information content (AvgIpc) is 3.49. The molecule has 0 atom stereocenters. The monoisotopic (exact) mass is 488 g/mol. The molecule has 4 rings (SSSR count). The van der Waals surface area contributed by atoms with Crippen molar-refractivity contribution >= 4 is 40.3 Å². The number of hydrogen-bond donors (Lipinski definition) is 3. The summed E-state index contributed by atoms with van der Waals surface area (Å²) in [6.45, 7) is 3.89. The van der Waals surface area contributed by atoms with Gasteiger partial charge in [0.1, 0.15) is 0 Å². The Hall–Kier alpha value is -3.90. The van der Waals surface area contributed by atoms with Gasteiger partial charge < -0.3 is 19.9 Å². The number of carbonyl (C=O) groups excluding carboxylic acids is 2. The lowest BCUT2D eigenvalue weighted by Crippen LogP contribution is -2.31. The minimum Gasteiger partial charge on any atom is -0.390 e. The SMILES string of the molecule is CN(C(=O)C1CCCC1)c1ccc2c(c1)nc(NC(=O)Nc1cccc(C#N)c1)n2CCC(C)(C)O. The second-order valence-electron chi connectivity index (χ2n) is 9.97. The predicted octanol–water partition coefficient (Wildman–Crippen LogP) is 4.87. The molecule has 1 saturated carbocycles. The maximum absolute atomic E-state index is 12.9. The molecule has 9 nitrogen and oxygen atoms in total. The smallest absolute Gasteiger partial charge is 0.326 e. The molecule has 0 spiro atoms. The molecule has 0 aliphatic heterocycles. The highest BCUT2D eigenvalue weighted by Crippen LogP contribution is 2.30. The maximum Gasteiger partial charge on any atom is 0.326 e. The van der Waals surface area contributed by atoms with Crippen LogP contribution in [0.4, 0.5) is 22.1 Å². The number of rotatable bonds is 7. The molecule has 36 heavy (non-hydrogen) atoms. The molecule has 1 fully saturated rings. The van der Waals surface area contributed by atoms with Crippen LogP contribution in [0.5, 0.6) is 0 Å². The summed E-state index contributed by atoms with van der Waals surface area (Å²) in [5.74, 6) is 0.506. The van der Waals surface area contributed by atoms with E-state index in [0.717, 1.165) is 36.9 Å². The third-order valence-corrected chi connectivity index (χ3v) is 6.58. The van der Waals surface area contributed by atoms with Crippen molar-refractivity contribution in [1.82, 2.24) is 9.55 Å². The number of hydrogen-bond acceptors (Lipinski definition) is 5. The van der Waals surface area contributed by atoms with Gasteiger partial charge in [0.05, 0.1) is 28.3 Å². The summed E-state index contributed by atoms with van der Waals surface area (Å²) in [5.41, 5.74) is 2.19. The summed E-state index contributed by atoms with van der Waals surface area (Å²) in [6, 6.07) is 13.8. The predicted molar refractivity (Wildman–Crippen MR) is 140 cm³/mol. The molecular weight excluding hydrogens is 456 g/mol. The molecule has 1 aliphatic rings. The van der Waals surface area contributed by atoms with Gasteiger partial charge in [0, 0.05) is 30.9 Å². The molecule has 0 saturated heterocycles. The van der Waals surface area contributed by atoms with E-state index in [-0.39, 0.29) is 11.8 Å². The quantitative estimate of drug-likeness (QED) is 0.438. The summed E-state index contributed by atoms with van der Waals surface area (Å²) < 4.78 is 1.85. The van der Waals surface area contributed by atoms with E-state index in [1.807, 2.05) is 28.8 Å². The molecule has 1 aliphatic carbocycles. The van der Waals surface area contributed by atoms with Gasteiger partial charge in [-0.25, -0.2) is 9.78 Å². The number of aromatic nitrogens is 2. The number of nitrogens with one attached hydrogen (secondary N) is 2. The number of aryl methyl sites for hydroxylation is 1. The van der Waals surface area contributed by atoms with E-state index in [1.165, 1.54) is 0 Å². The second kappa shape index (κ2) is 10.4. The van der Waals surface area contributed by atoms with Gasteiger partial charge in [-0.15, -0.1) is 0 Å². The first-order chi connectivity index (χ1) is 17.1. The highest BCUT2D eigenvalue weighted by molar-refractivity contribution is 6.00. The summed E-state index contributed by atoms with van der Waals surface area (Å²) in [7, 11) is 1.79. The van der Waals surface area contributed by atoms with Crippen LogP contribution in [0.1, 0.15) is 51.5 Å². The van der Waals surface area contributed by atoms with Gasteiger partial charge in [0.2, 0.25) is 11.9 Å². The molecule has 3 aromatic rings. The van der Waals surface area contributed by atoms with E-state index < -0.39 is 11.6 Å². The molecule has 3 N–H and O–H groups in total. The number of fused-ring (bicyclic) bond motifs is 1. The summed E-state index contributed by atoms with van der Waals surface area (Å²) >= 11 is 0. The Morgan fingerprint density at radius 1 is 1.19 bits per heavy atom. The Labute approximate surface area is 210 Å². The van der Waals surface area contributed by atoms with Gasteiger partial charge >= 0.3 is 6.03 Å². The van der Waals surface area contributed by atoms with Crippen molar-refractivity contribution in [3.05, 3.63) is 48.0 Å². The van der Waals surface area contributed by atoms with E-state index in [4.69, 9.17) is 5.26 Å². The minimum atomic E-state index is -0.901. The fourth-order valence-corrected chi connectivity index (χ4v) is 4.54. The van der Waals surface area contributed by atoms with Gasteiger partial charge in [0.25, 0.3) is 0 Å². The first-order valence-corrected chi connectivity index (χ1v) is 12.2. The molecular formula is C27H32N6O3. The number of anilines is 3. The molecule has 0 radical (unpaired) electrons. The Kier molecular flexibility index (Phi) is 7.27. The van der Waals surface area contributed by atoms with Crippen LogP contribution >= 0.6 is 0 Å². The van der Waals surface area contributed by atoms with Crippen LogP contribution in [0.2, 0.25) is 0 Å². The number of nitrogens with zero attached hydrogens (tertiary/aromatic N) is 4. The molecule has 3 amide bonds. The van der Waals surface area contributed by atoms with E-state index in [0.29, 0.717) is 35.7 Å². The van der Waals surface area contributed by atoms with Crippen molar-refractivity contribution in [2.45, 2.75) is 58.1 Å². The molecule has 9 heteroatoms. The lowest BCUT2D eigenvalue weighted by molar-refractivity contribution is -0.121. The molecule has 1 heterocycles. The normalized spacial score (nSPS) is 14.0. The van der Waals surface area contributed by atoms with Crippen LogP contribution < -0.4 is 15.5 Å². The fraction of sp³-hybridized carbons (Fsp3) is 0.407. The van der Waals surface area contributed by atoms with E-state index in [9.17, 15) is 14.7 Å². The lowest BCUT2D eigenvalue weighted by atomic mass is 10.1. The Morgan fingerprint density at radius 3 is 2.64 bits per heavy atom. The largest absolute Gasteiger partial charge is 0.390 e. The van der Waals surface area contributed by atoms with Crippen molar-refractivity contribution in [3.8, 4) is 6.07 Å². The molecule has 1 aromatic heterocycles. The molecule has 0 bridgehead atoms. The fourth-order valence-electron chi connectivity index (χ4n) is 4.54. The third kappa shape index (κ3) is 5.83. The standard InChI is InChI=1S/C27H32N6O3/c1-27(2,36)13-14-33-23-12-11-21(32(3)24(34)19-8-4-5-9-19)16-22(23)30-25(33)31-26(35)29-20-10-6-7-18(15-20)17-28/h6-7,10-12,15-16,19,36H,4-5,8-9,13-14H2,1-3H3,(H2,29,30,31,35). The first kappa shape index (κ1) is 25.2. The molecule has 2 aromatic carbocycles.